The van der Waals surface area contributed by atoms with Gasteiger partial charge in [0.1, 0.15) is 5.75 Å². The first-order chi connectivity index (χ1) is 11.0. The van der Waals surface area contributed by atoms with Crippen molar-refractivity contribution in [2.24, 2.45) is 11.5 Å². The van der Waals surface area contributed by atoms with Gasteiger partial charge in [0.05, 0.1) is 23.9 Å². The van der Waals surface area contributed by atoms with Crippen LogP contribution in [0.15, 0.2) is 48.5 Å². The molecule has 0 aliphatic rings. The molecule has 0 saturated heterocycles. The molecule has 5 N–H and O–H groups in total. The van der Waals surface area contributed by atoms with Gasteiger partial charge in [-0.25, -0.2) is 14.6 Å². The first-order valence-corrected chi connectivity index (χ1v) is 6.65. The lowest BCUT2D eigenvalue weighted by Crippen LogP contribution is -3.00. The fraction of sp³-hybridized carbons (Fsp3) is 0.0625. The molecule has 2 rings (SSSR count). The first-order valence-electron chi connectivity index (χ1n) is 6.65. The number of rotatable bonds is 4. The molecule has 24 heavy (non-hydrogen) atoms. The molecule has 0 heterocycles. The fourth-order valence-electron chi connectivity index (χ4n) is 1.80. The van der Waals surface area contributed by atoms with Crippen molar-refractivity contribution in [3.63, 3.8) is 0 Å². The summed E-state index contributed by atoms with van der Waals surface area (Å²) in [6, 6.07) is 12.5. The third-order valence-corrected chi connectivity index (χ3v) is 2.90. The number of esters is 2. The lowest BCUT2D eigenvalue weighted by Gasteiger charge is -2.05. The fourth-order valence-corrected chi connectivity index (χ4v) is 1.80. The molecule has 2 aromatic rings. The minimum absolute atomic E-state index is 0. The third kappa shape index (κ3) is 4.99. The SMILES string of the molecule is COC(=O)c1ccc(OC(=O)c2ccc([NH+]=C(N)N)cc2)cc1.[Cl-]. The minimum Gasteiger partial charge on any atom is -1.00 e. The van der Waals surface area contributed by atoms with E-state index in [0.717, 1.165) is 0 Å². The first kappa shape index (κ1) is 19.0. The number of carbonyl (C=O) groups excluding carboxylic acids is 2. The van der Waals surface area contributed by atoms with Gasteiger partial charge in [0.2, 0.25) is 0 Å². The molecule has 0 unspecified atom stereocenters. The van der Waals surface area contributed by atoms with E-state index in [2.05, 4.69) is 9.73 Å². The van der Waals surface area contributed by atoms with E-state index >= 15 is 0 Å². The second kappa shape index (κ2) is 8.54. The molecule has 0 aliphatic heterocycles. The molecule has 0 fully saturated rings. The maximum Gasteiger partial charge on any atom is 0.343 e. The van der Waals surface area contributed by atoms with Crippen molar-refractivity contribution in [2.75, 3.05) is 7.11 Å². The van der Waals surface area contributed by atoms with Gasteiger partial charge >= 0.3 is 17.9 Å². The summed E-state index contributed by atoms with van der Waals surface area (Å²) in [6.45, 7) is 0. The van der Waals surface area contributed by atoms with Gasteiger partial charge in [0.15, 0.2) is 0 Å². The van der Waals surface area contributed by atoms with Crippen LogP contribution < -0.4 is 33.6 Å². The Hall–Kier alpha value is -3.06. The molecule has 0 aromatic heterocycles. The van der Waals surface area contributed by atoms with E-state index in [4.69, 9.17) is 16.2 Å². The second-order valence-corrected chi connectivity index (χ2v) is 4.56. The lowest BCUT2D eigenvalue weighted by atomic mass is 10.2. The molecule has 0 bridgehead atoms. The summed E-state index contributed by atoms with van der Waals surface area (Å²) in [5.74, 6) is -0.593. The number of methoxy groups -OCH3 is 1. The van der Waals surface area contributed by atoms with Gasteiger partial charge in [-0.3, -0.25) is 11.5 Å². The highest BCUT2D eigenvalue weighted by atomic mass is 35.5. The largest absolute Gasteiger partial charge is 1.00 e. The predicted octanol–water partition coefficient (Wildman–Crippen LogP) is -3.32. The van der Waals surface area contributed by atoms with Crippen LogP contribution in [-0.4, -0.2) is 25.0 Å². The smallest absolute Gasteiger partial charge is 0.343 e. The van der Waals surface area contributed by atoms with Crippen LogP contribution in [0.1, 0.15) is 20.7 Å². The van der Waals surface area contributed by atoms with E-state index in [9.17, 15) is 9.59 Å². The molecule has 0 atom stereocenters. The van der Waals surface area contributed by atoms with Gasteiger partial charge in [-0.2, -0.15) is 0 Å². The quantitative estimate of drug-likeness (QED) is 0.230. The number of benzene rings is 2. The highest BCUT2D eigenvalue weighted by molar-refractivity contribution is 5.92. The molecule has 0 saturated carbocycles. The van der Waals surface area contributed by atoms with Crippen LogP contribution in [-0.2, 0) is 4.74 Å². The summed E-state index contributed by atoms with van der Waals surface area (Å²) in [7, 11) is 1.30. The topological polar surface area (TPSA) is 119 Å². The van der Waals surface area contributed by atoms with Crippen LogP contribution in [0.4, 0.5) is 5.69 Å². The summed E-state index contributed by atoms with van der Waals surface area (Å²) in [5, 5.41) is 0. The van der Waals surface area contributed by atoms with E-state index in [0.29, 0.717) is 22.6 Å². The van der Waals surface area contributed by atoms with Crippen molar-refractivity contribution in [2.45, 2.75) is 0 Å². The van der Waals surface area contributed by atoms with Crippen LogP contribution in [0.3, 0.4) is 0 Å². The van der Waals surface area contributed by atoms with Gasteiger partial charge in [-0.1, -0.05) is 0 Å². The standard InChI is InChI=1S/C16H15N3O4.ClH/c1-22-14(20)10-4-8-13(9-5-10)23-15(21)11-2-6-12(7-3-11)19-16(17)18;/h2-9H,1H3,(H4,17,18,19);1H. The molecule has 2 aromatic carbocycles. The summed E-state index contributed by atoms with van der Waals surface area (Å²) in [6.07, 6.45) is 0. The lowest BCUT2D eigenvalue weighted by molar-refractivity contribution is -0.356. The molecular formula is C16H16ClN3O4. The zero-order valence-electron chi connectivity index (χ0n) is 12.8. The molecule has 126 valence electrons. The average molecular weight is 350 g/mol. The number of hydrogen-bond acceptors (Lipinski definition) is 4. The van der Waals surface area contributed by atoms with Crippen molar-refractivity contribution in [1.82, 2.24) is 0 Å². The monoisotopic (exact) mass is 349 g/mol. The minimum atomic E-state index is -0.521. The van der Waals surface area contributed by atoms with Crippen molar-refractivity contribution in [3.8, 4) is 5.75 Å². The maximum atomic E-state index is 12.0. The Morgan fingerprint density at radius 1 is 0.875 bits per heavy atom. The summed E-state index contributed by atoms with van der Waals surface area (Å²) in [5.41, 5.74) is 12.0. The molecular weight excluding hydrogens is 334 g/mol. The number of ether oxygens (including phenoxy) is 2. The molecule has 7 nitrogen and oxygen atoms in total. The Morgan fingerprint density at radius 2 is 1.38 bits per heavy atom. The number of nitrogens with one attached hydrogen (secondary N) is 1. The van der Waals surface area contributed by atoms with Crippen LogP contribution in [0.25, 0.3) is 0 Å². The number of guanidine groups is 1. The average Bonchev–Trinajstić information content (AvgIpc) is 2.55. The Labute approximate surface area is 144 Å². The van der Waals surface area contributed by atoms with Gasteiger partial charge in [0, 0.05) is 0 Å². The molecule has 0 amide bonds. The Morgan fingerprint density at radius 3 is 1.88 bits per heavy atom. The van der Waals surface area contributed by atoms with Crippen LogP contribution >= 0.6 is 0 Å². The van der Waals surface area contributed by atoms with Crippen LogP contribution in [0, 0.1) is 0 Å². The molecule has 8 heteroatoms. The number of halogens is 1. The zero-order chi connectivity index (χ0) is 16.8. The highest BCUT2D eigenvalue weighted by Gasteiger charge is 2.10. The van der Waals surface area contributed by atoms with E-state index in [1.54, 1.807) is 24.3 Å². The Balaban J connectivity index is 0.00000288. The number of hydrogen-bond donors (Lipinski definition) is 3. The Bertz CT molecular complexity index is 739. The molecule has 0 radical (unpaired) electrons. The maximum absolute atomic E-state index is 12.0. The van der Waals surface area contributed by atoms with Crippen LogP contribution in [0.2, 0.25) is 0 Å². The number of nitrogens with two attached hydrogens (primary N) is 2. The van der Waals surface area contributed by atoms with E-state index < -0.39 is 11.9 Å². The van der Waals surface area contributed by atoms with Crippen molar-refractivity contribution < 1.29 is 36.5 Å². The van der Waals surface area contributed by atoms with E-state index in [1.165, 1.54) is 31.4 Å². The normalized spacial score (nSPS) is 9.38. The highest BCUT2D eigenvalue weighted by Crippen LogP contribution is 2.15. The van der Waals surface area contributed by atoms with Gasteiger partial charge < -0.3 is 21.9 Å². The predicted molar refractivity (Wildman–Crippen MR) is 83.2 cm³/mol. The summed E-state index contributed by atoms with van der Waals surface area (Å²) >= 11 is 0. The van der Waals surface area contributed by atoms with Crippen molar-refractivity contribution in [3.05, 3.63) is 59.7 Å². The zero-order valence-corrected chi connectivity index (χ0v) is 13.5. The van der Waals surface area contributed by atoms with Crippen molar-refractivity contribution >= 4 is 23.6 Å². The molecule has 0 aliphatic carbocycles. The van der Waals surface area contributed by atoms with Gasteiger partial charge in [-0.05, 0) is 48.5 Å². The Kier molecular flexibility index (Phi) is 6.76. The van der Waals surface area contributed by atoms with Crippen molar-refractivity contribution in [1.29, 1.82) is 0 Å². The summed E-state index contributed by atoms with van der Waals surface area (Å²) < 4.78 is 9.82. The van der Waals surface area contributed by atoms with Gasteiger partial charge in [-0.15, -0.1) is 0 Å². The third-order valence-electron chi connectivity index (χ3n) is 2.90. The summed E-state index contributed by atoms with van der Waals surface area (Å²) in [4.78, 5) is 26.1. The van der Waals surface area contributed by atoms with E-state index in [-0.39, 0.29) is 18.4 Å². The number of carbonyl (C=O) groups is 2. The van der Waals surface area contributed by atoms with Crippen LogP contribution in [0.5, 0.6) is 5.75 Å². The van der Waals surface area contributed by atoms with E-state index in [1.807, 2.05) is 0 Å². The second-order valence-electron chi connectivity index (χ2n) is 4.56. The molecule has 0 spiro atoms. The van der Waals surface area contributed by atoms with Gasteiger partial charge in [0.25, 0.3) is 0 Å².